The van der Waals surface area contributed by atoms with Gasteiger partial charge >= 0.3 is 5.97 Å². The quantitative estimate of drug-likeness (QED) is 0.633. The summed E-state index contributed by atoms with van der Waals surface area (Å²) in [6.07, 6.45) is 2.81. The summed E-state index contributed by atoms with van der Waals surface area (Å²) in [4.78, 5) is 10.7. The summed E-state index contributed by atoms with van der Waals surface area (Å²) < 4.78 is 0. The van der Waals surface area contributed by atoms with Gasteiger partial charge in [0.05, 0.1) is 12.0 Å². The molecule has 0 radical (unpaired) electrons. The predicted molar refractivity (Wildman–Crippen MR) is 61.3 cm³/mol. The number of hydrogen-bond acceptors (Lipinski definition) is 4. The number of aliphatic carboxylic acids is 1. The van der Waals surface area contributed by atoms with Gasteiger partial charge in [-0.1, -0.05) is 0 Å². The van der Waals surface area contributed by atoms with E-state index in [9.17, 15) is 4.79 Å². The lowest BCUT2D eigenvalue weighted by molar-refractivity contribution is -0.139. The average Bonchev–Trinajstić information content (AvgIpc) is 2.61. The Morgan fingerprint density at radius 1 is 1.60 bits per heavy atom. The van der Waals surface area contributed by atoms with Crippen LogP contribution in [0.3, 0.4) is 0 Å². The van der Waals surface area contributed by atoms with Crippen molar-refractivity contribution in [3.05, 3.63) is 0 Å². The van der Waals surface area contributed by atoms with Crippen molar-refractivity contribution < 1.29 is 9.90 Å². The van der Waals surface area contributed by atoms with Crippen LogP contribution < -0.4 is 10.6 Å². The smallest absolute Gasteiger partial charge is 0.305 e. The molecule has 3 N–H and O–H groups in total. The van der Waals surface area contributed by atoms with Crippen LogP contribution in [0.2, 0.25) is 0 Å². The molecule has 0 spiro atoms. The highest BCUT2D eigenvalue weighted by Crippen LogP contribution is 2.26. The van der Waals surface area contributed by atoms with E-state index in [1.54, 1.807) is 0 Å². The first kappa shape index (κ1) is 11.2. The van der Waals surface area contributed by atoms with Gasteiger partial charge in [-0.15, -0.1) is 0 Å². The van der Waals surface area contributed by atoms with Crippen LogP contribution in [-0.4, -0.2) is 47.3 Å². The van der Waals surface area contributed by atoms with E-state index in [1.165, 1.54) is 18.6 Å². The Hall–Kier alpha value is -0.260. The van der Waals surface area contributed by atoms with Gasteiger partial charge in [0.2, 0.25) is 0 Å². The minimum Gasteiger partial charge on any atom is -0.481 e. The fraction of sp³-hybridized carbons (Fsp3) is 0.900. The number of carboxylic acid groups (broad SMARTS) is 1. The number of hydrogen-bond donors (Lipinski definition) is 3. The molecule has 86 valence electrons. The van der Waals surface area contributed by atoms with Crippen molar-refractivity contribution >= 4 is 17.7 Å². The highest BCUT2D eigenvalue weighted by Gasteiger charge is 2.39. The van der Waals surface area contributed by atoms with Gasteiger partial charge in [0.1, 0.15) is 0 Å². The maximum absolute atomic E-state index is 10.7. The second-order valence-corrected chi connectivity index (χ2v) is 5.88. The van der Waals surface area contributed by atoms with E-state index in [2.05, 4.69) is 10.6 Å². The number of carboxylic acids is 1. The zero-order valence-corrected chi connectivity index (χ0v) is 9.61. The Labute approximate surface area is 94.2 Å². The summed E-state index contributed by atoms with van der Waals surface area (Å²) in [5.41, 5.74) is -0.172. The summed E-state index contributed by atoms with van der Waals surface area (Å²) >= 11 is 2.01. The molecule has 0 aromatic heterocycles. The maximum atomic E-state index is 10.7. The van der Waals surface area contributed by atoms with Crippen molar-refractivity contribution in [2.24, 2.45) is 0 Å². The van der Waals surface area contributed by atoms with Crippen LogP contribution in [0.15, 0.2) is 0 Å². The summed E-state index contributed by atoms with van der Waals surface area (Å²) in [6.45, 7) is 2.53. The van der Waals surface area contributed by atoms with Gasteiger partial charge in [0, 0.05) is 24.9 Å². The van der Waals surface area contributed by atoms with E-state index < -0.39 is 5.97 Å². The van der Waals surface area contributed by atoms with Crippen molar-refractivity contribution in [1.82, 2.24) is 10.6 Å². The normalized spacial score (nSPS) is 28.7. The van der Waals surface area contributed by atoms with Crippen LogP contribution in [-0.2, 0) is 4.79 Å². The molecule has 0 aromatic rings. The molecular weight excluding hydrogens is 212 g/mol. The van der Waals surface area contributed by atoms with Gasteiger partial charge < -0.3 is 15.7 Å². The molecule has 0 saturated carbocycles. The fourth-order valence-electron chi connectivity index (χ4n) is 2.16. The minimum absolute atomic E-state index is 0.172. The van der Waals surface area contributed by atoms with E-state index in [4.69, 9.17) is 5.11 Å². The monoisotopic (exact) mass is 230 g/mol. The topological polar surface area (TPSA) is 61.4 Å². The molecule has 1 atom stereocenters. The molecule has 2 rings (SSSR count). The Kier molecular flexibility index (Phi) is 3.53. The zero-order chi connectivity index (χ0) is 10.7. The molecule has 0 amide bonds. The highest BCUT2D eigenvalue weighted by atomic mass is 32.2. The van der Waals surface area contributed by atoms with Crippen LogP contribution >= 0.6 is 11.8 Å². The van der Waals surface area contributed by atoms with Gasteiger partial charge in [0.25, 0.3) is 0 Å². The van der Waals surface area contributed by atoms with Crippen LogP contribution in [0.4, 0.5) is 0 Å². The van der Waals surface area contributed by atoms with Gasteiger partial charge in [-0.05, 0) is 18.6 Å². The first-order chi connectivity index (χ1) is 7.20. The van der Waals surface area contributed by atoms with Crippen LogP contribution in [0.25, 0.3) is 0 Å². The van der Waals surface area contributed by atoms with Crippen LogP contribution in [0, 0.1) is 0 Å². The molecule has 0 aromatic carbocycles. The Bertz CT molecular complexity index is 238. The van der Waals surface area contributed by atoms with Gasteiger partial charge in [-0.25, -0.2) is 0 Å². The van der Waals surface area contributed by atoms with Gasteiger partial charge in [-0.3, -0.25) is 4.79 Å². The SMILES string of the molecule is O=C(O)CC1(NCC2CCCS2)CNC1. The lowest BCUT2D eigenvalue weighted by Crippen LogP contribution is -2.69. The van der Waals surface area contributed by atoms with Crippen molar-refractivity contribution in [2.75, 3.05) is 25.4 Å². The second kappa shape index (κ2) is 4.72. The van der Waals surface area contributed by atoms with Crippen LogP contribution in [0.5, 0.6) is 0 Å². The van der Waals surface area contributed by atoms with Gasteiger partial charge in [0.15, 0.2) is 0 Å². The van der Waals surface area contributed by atoms with Crippen molar-refractivity contribution in [3.8, 4) is 0 Å². The molecule has 0 bridgehead atoms. The van der Waals surface area contributed by atoms with Crippen LogP contribution in [0.1, 0.15) is 19.3 Å². The average molecular weight is 230 g/mol. The number of rotatable bonds is 5. The molecular formula is C10H18N2O2S. The standard InChI is InChI=1S/C10H18N2O2S/c13-9(14)4-10(6-11-7-10)12-5-8-2-1-3-15-8/h8,11-12H,1-7H2,(H,13,14). The largest absolute Gasteiger partial charge is 0.481 e. The van der Waals surface area contributed by atoms with E-state index >= 15 is 0 Å². The summed E-state index contributed by atoms with van der Waals surface area (Å²) in [7, 11) is 0. The number of thioether (sulfide) groups is 1. The zero-order valence-electron chi connectivity index (χ0n) is 8.79. The van der Waals surface area contributed by atoms with E-state index in [1.807, 2.05) is 11.8 Å². The molecule has 2 aliphatic rings. The molecule has 2 fully saturated rings. The molecule has 1 unspecified atom stereocenters. The molecule has 2 aliphatic heterocycles. The van der Waals surface area contributed by atoms with E-state index in [-0.39, 0.29) is 12.0 Å². The third-order valence-corrected chi connectivity index (χ3v) is 4.54. The highest BCUT2D eigenvalue weighted by molar-refractivity contribution is 8.00. The molecule has 4 nitrogen and oxygen atoms in total. The predicted octanol–water partition coefficient (Wildman–Crippen LogP) is 0.288. The Morgan fingerprint density at radius 3 is 2.87 bits per heavy atom. The van der Waals surface area contributed by atoms with Crippen molar-refractivity contribution in [3.63, 3.8) is 0 Å². The molecule has 2 heterocycles. The molecule has 5 heteroatoms. The third kappa shape index (κ3) is 2.86. The lowest BCUT2D eigenvalue weighted by Gasteiger charge is -2.43. The van der Waals surface area contributed by atoms with Crippen molar-refractivity contribution in [1.29, 1.82) is 0 Å². The maximum Gasteiger partial charge on any atom is 0.305 e. The summed E-state index contributed by atoms with van der Waals surface area (Å²) in [6, 6.07) is 0. The summed E-state index contributed by atoms with van der Waals surface area (Å²) in [5, 5.41) is 16.1. The molecule has 2 saturated heterocycles. The van der Waals surface area contributed by atoms with Crippen molar-refractivity contribution in [2.45, 2.75) is 30.1 Å². The third-order valence-electron chi connectivity index (χ3n) is 3.15. The lowest BCUT2D eigenvalue weighted by atomic mass is 9.88. The molecule has 0 aliphatic carbocycles. The van der Waals surface area contributed by atoms with Gasteiger partial charge in [-0.2, -0.15) is 11.8 Å². The number of carbonyl (C=O) groups is 1. The minimum atomic E-state index is -0.705. The Morgan fingerprint density at radius 2 is 2.40 bits per heavy atom. The second-order valence-electron chi connectivity index (χ2n) is 4.47. The fourth-order valence-corrected chi connectivity index (χ4v) is 3.37. The Balaban J connectivity index is 1.77. The molecule has 15 heavy (non-hydrogen) atoms. The first-order valence-corrected chi connectivity index (χ1v) is 6.54. The summed E-state index contributed by atoms with van der Waals surface area (Å²) in [5.74, 6) is 0.555. The van der Waals surface area contributed by atoms with E-state index in [0.717, 1.165) is 19.6 Å². The first-order valence-electron chi connectivity index (χ1n) is 5.49. The van der Waals surface area contributed by atoms with E-state index in [0.29, 0.717) is 5.25 Å². The number of nitrogens with one attached hydrogen (secondary N) is 2.